The van der Waals surface area contributed by atoms with Crippen molar-refractivity contribution in [3.05, 3.63) is 6.20 Å². The van der Waals surface area contributed by atoms with E-state index in [2.05, 4.69) is 26.7 Å². The standard InChI is InChI=1S/C3H3N3O/c1-4-3-2-5-7-6-3/h2H,1H2. The first-order chi connectivity index (χ1) is 3.43. The van der Waals surface area contributed by atoms with Gasteiger partial charge in [-0.3, -0.25) is 0 Å². The van der Waals surface area contributed by atoms with Gasteiger partial charge in [-0.15, -0.1) is 0 Å². The van der Waals surface area contributed by atoms with Crippen LogP contribution >= 0.6 is 0 Å². The van der Waals surface area contributed by atoms with Crippen molar-refractivity contribution >= 4 is 12.5 Å². The minimum Gasteiger partial charge on any atom is -0.242 e. The number of aliphatic imine (C=N–C) groups is 1. The normalized spacial score (nSPS) is 8.57. The van der Waals surface area contributed by atoms with E-state index < -0.39 is 0 Å². The molecule has 0 aliphatic heterocycles. The molecule has 1 aromatic rings. The molecule has 0 saturated carbocycles. The lowest BCUT2D eigenvalue weighted by Crippen LogP contribution is -1.53. The zero-order valence-corrected chi connectivity index (χ0v) is 3.53. The third-order valence-electron chi connectivity index (χ3n) is 0.512. The third-order valence-corrected chi connectivity index (χ3v) is 0.512. The van der Waals surface area contributed by atoms with E-state index >= 15 is 0 Å². The van der Waals surface area contributed by atoms with Crippen molar-refractivity contribution in [2.24, 2.45) is 4.99 Å². The van der Waals surface area contributed by atoms with Crippen LogP contribution in [0.1, 0.15) is 0 Å². The predicted molar refractivity (Wildman–Crippen MR) is 23.5 cm³/mol. The van der Waals surface area contributed by atoms with Crippen LogP contribution in [0.5, 0.6) is 0 Å². The second kappa shape index (κ2) is 1.51. The van der Waals surface area contributed by atoms with Crippen molar-refractivity contribution in [2.75, 3.05) is 0 Å². The van der Waals surface area contributed by atoms with Gasteiger partial charge in [0, 0.05) is 0 Å². The first-order valence-electron chi connectivity index (χ1n) is 1.68. The highest BCUT2D eigenvalue weighted by atomic mass is 16.6. The van der Waals surface area contributed by atoms with Crippen LogP contribution in [0.25, 0.3) is 0 Å². The number of nitrogens with zero attached hydrogens (tertiary/aromatic N) is 3. The number of hydrogen-bond donors (Lipinski definition) is 0. The first-order valence-corrected chi connectivity index (χ1v) is 1.68. The topological polar surface area (TPSA) is 51.3 Å². The fourth-order valence-corrected chi connectivity index (χ4v) is 0.229. The van der Waals surface area contributed by atoms with Gasteiger partial charge in [0.15, 0.2) is 0 Å². The Morgan fingerprint density at radius 2 is 2.71 bits per heavy atom. The van der Waals surface area contributed by atoms with E-state index in [1.807, 2.05) is 0 Å². The molecule has 0 atom stereocenters. The van der Waals surface area contributed by atoms with E-state index in [-0.39, 0.29) is 0 Å². The molecule has 0 aromatic carbocycles. The van der Waals surface area contributed by atoms with Gasteiger partial charge in [-0.2, -0.15) is 0 Å². The van der Waals surface area contributed by atoms with Gasteiger partial charge in [0.1, 0.15) is 6.20 Å². The first kappa shape index (κ1) is 3.98. The molecule has 0 saturated heterocycles. The van der Waals surface area contributed by atoms with Crippen molar-refractivity contribution in [3.8, 4) is 0 Å². The van der Waals surface area contributed by atoms with Crippen LogP contribution < -0.4 is 0 Å². The van der Waals surface area contributed by atoms with Crippen molar-refractivity contribution in [3.63, 3.8) is 0 Å². The quantitative estimate of drug-likeness (QED) is 0.476. The van der Waals surface area contributed by atoms with E-state index in [0.29, 0.717) is 5.82 Å². The van der Waals surface area contributed by atoms with Gasteiger partial charge in [-0.25, -0.2) is 9.62 Å². The molecule has 1 rings (SSSR count). The van der Waals surface area contributed by atoms with E-state index in [1.54, 1.807) is 0 Å². The molecule has 1 heterocycles. The molecule has 1 aromatic heterocycles. The number of rotatable bonds is 1. The molecule has 4 heteroatoms. The van der Waals surface area contributed by atoms with Gasteiger partial charge in [0.05, 0.1) is 0 Å². The van der Waals surface area contributed by atoms with Crippen LogP contribution in [-0.4, -0.2) is 17.0 Å². The van der Waals surface area contributed by atoms with Crippen molar-refractivity contribution in [2.45, 2.75) is 0 Å². The van der Waals surface area contributed by atoms with Crippen LogP contribution in [0.2, 0.25) is 0 Å². The predicted octanol–water partition coefficient (Wildman–Crippen LogP) is 0.402. The Hall–Kier alpha value is -1.19. The minimum absolute atomic E-state index is 0.417. The van der Waals surface area contributed by atoms with Crippen LogP contribution in [0.3, 0.4) is 0 Å². The van der Waals surface area contributed by atoms with Crippen LogP contribution in [0.4, 0.5) is 5.82 Å². The maximum Gasteiger partial charge on any atom is 0.215 e. The monoisotopic (exact) mass is 97.0 g/mol. The Labute approximate surface area is 39.8 Å². The molecular formula is C3H3N3O. The fraction of sp³-hybridized carbons (Fsp3) is 0. The average molecular weight is 97.1 g/mol. The van der Waals surface area contributed by atoms with Gasteiger partial charge in [-0.05, 0) is 11.9 Å². The maximum absolute atomic E-state index is 4.17. The van der Waals surface area contributed by atoms with Gasteiger partial charge in [0.2, 0.25) is 5.82 Å². The van der Waals surface area contributed by atoms with E-state index in [4.69, 9.17) is 0 Å². The van der Waals surface area contributed by atoms with E-state index in [9.17, 15) is 0 Å². The summed E-state index contributed by atoms with van der Waals surface area (Å²) in [6, 6.07) is 0. The molecule has 4 nitrogen and oxygen atoms in total. The Morgan fingerprint density at radius 3 is 3.00 bits per heavy atom. The maximum atomic E-state index is 4.17. The van der Waals surface area contributed by atoms with Crippen molar-refractivity contribution in [1.82, 2.24) is 10.3 Å². The zero-order chi connectivity index (χ0) is 5.11. The number of hydrogen-bond acceptors (Lipinski definition) is 4. The zero-order valence-electron chi connectivity index (χ0n) is 3.53. The second-order valence-electron chi connectivity index (χ2n) is 0.924. The van der Waals surface area contributed by atoms with Crippen molar-refractivity contribution < 1.29 is 4.63 Å². The molecular weight excluding hydrogens is 94.1 g/mol. The summed E-state index contributed by atoms with van der Waals surface area (Å²) in [5.41, 5.74) is 0. The summed E-state index contributed by atoms with van der Waals surface area (Å²) in [4.78, 5) is 3.41. The lowest BCUT2D eigenvalue weighted by atomic mass is 10.8. The van der Waals surface area contributed by atoms with E-state index in [0.717, 1.165) is 0 Å². The molecule has 0 unspecified atom stereocenters. The van der Waals surface area contributed by atoms with Gasteiger partial charge >= 0.3 is 0 Å². The molecule has 0 spiro atoms. The lowest BCUT2D eigenvalue weighted by molar-refractivity contribution is 0.308. The Morgan fingerprint density at radius 1 is 1.86 bits per heavy atom. The Bertz CT molecular complexity index is 145. The smallest absolute Gasteiger partial charge is 0.215 e. The summed E-state index contributed by atoms with van der Waals surface area (Å²) in [6.07, 6.45) is 1.38. The second-order valence-corrected chi connectivity index (χ2v) is 0.924. The molecule has 0 bridgehead atoms. The van der Waals surface area contributed by atoms with Gasteiger partial charge < -0.3 is 0 Å². The minimum atomic E-state index is 0.417. The molecule has 36 valence electrons. The summed E-state index contributed by atoms with van der Waals surface area (Å²) in [5.74, 6) is 0.417. The molecule has 7 heavy (non-hydrogen) atoms. The molecule has 0 radical (unpaired) electrons. The molecule has 0 aliphatic rings. The van der Waals surface area contributed by atoms with Gasteiger partial charge in [0.25, 0.3) is 0 Å². The summed E-state index contributed by atoms with van der Waals surface area (Å²) in [5, 5.41) is 6.59. The van der Waals surface area contributed by atoms with Crippen LogP contribution in [-0.2, 0) is 0 Å². The van der Waals surface area contributed by atoms with Crippen LogP contribution in [0.15, 0.2) is 15.8 Å². The highest BCUT2D eigenvalue weighted by Gasteiger charge is 1.85. The lowest BCUT2D eigenvalue weighted by Gasteiger charge is -1.65. The summed E-state index contributed by atoms with van der Waals surface area (Å²) >= 11 is 0. The van der Waals surface area contributed by atoms with E-state index in [1.165, 1.54) is 6.20 Å². The molecule has 0 N–H and O–H groups in total. The summed E-state index contributed by atoms with van der Waals surface area (Å²) in [7, 11) is 0. The summed E-state index contributed by atoms with van der Waals surface area (Å²) < 4.78 is 4.17. The Kier molecular flexibility index (Phi) is 0.856. The van der Waals surface area contributed by atoms with Crippen LogP contribution in [0, 0.1) is 0 Å². The Balaban J connectivity index is 2.96. The molecule has 0 aliphatic carbocycles. The largest absolute Gasteiger partial charge is 0.242 e. The number of aromatic nitrogens is 2. The summed E-state index contributed by atoms with van der Waals surface area (Å²) in [6.45, 7) is 3.19. The fourth-order valence-electron chi connectivity index (χ4n) is 0.229. The third kappa shape index (κ3) is 0.623. The van der Waals surface area contributed by atoms with Crippen molar-refractivity contribution in [1.29, 1.82) is 0 Å². The highest BCUT2D eigenvalue weighted by molar-refractivity contribution is 5.35. The SMILES string of the molecule is C=Nc1cnon1. The van der Waals surface area contributed by atoms with Gasteiger partial charge in [-0.1, -0.05) is 5.16 Å². The highest BCUT2D eigenvalue weighted by Crippen LogP contribution is 1.99. The average Bonchev–Trinajstić information content (AvgIpc) is 2.14. The molecule has 0 amide bonds. The molecule has 0 fully saturated rings.